The zero-order valence-corrected chi connectivity index (χ0v) is 10.6. The lowest BCUT2D eigenvalue weighted by Gasteiger charge is -2.21. The van der Waals surface area contributed by atoms with Crippen molar-refractivity contribution in [1.29, 1.82) is 0 Å². The summed E-state index contributed by atoms with van der Waals surface area (Å²) >= 11 is 6.02. The molecular weight excluding hydrogens is 222 g/mol. The number of benzene rings is 1. The number of nitrogens with two attached hydrogens (primary N) is 1. The van der Waals surface area contributed by atoms with Gasteiger partial charge in [0.1, 0.15) is 5.75 Å². The number of methoxy groups -OCH3 is 1. The molecule has 1 atom stereocenters. The van der Waals surface area contributed by atoms with Crippen molar-refractivity contribution >= 4 is 11.6 Å². The molecular formula is C13H18ClNO. The van der Waals surface area contributed by atoms with Gasteiger partial charge in [-0.2, -0.15) is 0 Å². The van der Waals surface area contributed by atoms with Gasteiger partial charge in [-0.05, 0) is 55.4 Å². The van der Waals surface area contributed by atoms with Crippen molar-refractivity contribution in [2.45, 2.75) is 32.2 Å². The molecule has 0 aromatic heterocycles. The van der Waals surface area contributed by atoms with Gasteiger partial charge in [-0.15, -0.1) is 0 Å². The summed E-state index contributed by atoms with van der Waals surface area (Å²) in [6, 6.07) is 6.00. The molecule has 1 saturated carbocycles. The van der Waals surface area contributed by atoms with Crippen LogP contribution in [-0.2, 0) is 6.42 Å². The first-order chi connectivity index (χ1) is 7.57. The third-order valence-electron chi connectivity index (χ3n) is 3.64. The Kier molecular flexibility index (Phi) is 3.13. The van der Waals surface area contributed by atoms with Crippen molar-refractivity contribution in [3.63, 3.8) is 0 Å². The maximum Gasteiger partial charge on any atom is 0.122 e. The molecule has 1 aromatic rings. The minimum Gasteiger partial charge on any atom is -0.496 e. The summed E-state index contributed by atoms with van der Waals surface area (Å²) in [5.74, 6) is 0.913. The predicted octanol–water partition coefficient (Wildman–Crippen LogP) is 3.02. The average Bonchev–Trinajstić information content (AvgIpc) is 2.99. The maximum absolute atomic E-state index is 6.04. The highest BCUT2D eigenvalue weighted by molar-refractivity contribution is 6.30. The SMILES string of the molecule is COc1ccc(Cl)cc1CC1(C(C)N)CC1. The van der Waals surface area contributed by atoms with Crippen molar-refractivity contribution in [3.8, 4) is 5.75 Å². The molecule has 0 aliphatic heterocycles. The number of halogens is 1. The highest BCUT2D eigenvalue weighted by Crippen LogP contribution is 2.51. The Morgan fingerprint density at radius 1 is 1.50 bits per heavy atom. The zero-order chi connectivity index (χ0) is 11.8. The minimum absolute atomic E-state index is 0.233. The first-order valence-corrected chi connectivity index (χ1v) is 6.03. The Labute approximate surface area is 102 Å². The van der Waals surface area contributed by atoms with Crippen LogP contribution in [0, 0.1) is 5.41 Å². The molecule has 2 nitrogen and oxygen atoms in total. The topological polar surface area (TPSA) is 35.2 Å². The second-order valence-electron chi connectivity index (χ2n) is 4.78. The predicted molar refractivity (Wildman–Crippen MR) is 67.0 cm³/mol. The van der Waals surface area contributed by atoms with Crippen molar-refractivity contribution in [2.75, 3.05) is 7.11 Å². The molecule has 0 heterocycles. The zero-order valence-electron chi connectivity index (χ0n) is 9.79. The van der Waals surface area contributed by atoms with E-state index in [1.54, 1.807) is 7.11 Å². The van der Waals surface area contributed by atoms with Crippen LogP contribution in [-0.4, -0.2) is 13.2 Å². The van der Waals surface area contributed by atoms with Gasteiger partial charge in [0.25, 0.3) is 0 Å². The third kappa shape index (κ3) is 2.18. The van der Waals surface area contributed by atoms with Gasteiger partial charge in [-0.1, -0.05) is 11.6 Å². The quantitative estimate of drug-likeness (QED) is 0.877. The van der Waals surface area contributed by atoms with Crippen LogP contribution in [0.25, 0.3) is 0 Å². The average molecular weight is 240 g/mol. The molecule has 2 rings (SSSR count). The van der Waals surface area contributed by atoms with Gasteiger partial charge in [-0.25, -0.2) is 0 Å². The molecule has 2 N–H and O–H groups in total. The van der Waals surface area contributed by atoms with Crippen LogP contribution < -0.4 is 10.5 Å². The van der Waals surface area contributed by atoms with Crippen LogP contribution in [0.4, 0.5) is 0 Å². The molecule has 1 aliphatic carbocycles. The molecule has 1 aromatic carbocycles. The van der Waals surface area contributed by atoms with Crippen LogP contribution >= 0.6 is 11.6 Å². The van der Waals surface area contributed by atoms with E-state index in [4.69, 9.17) is 22.1 Å². The van der Waals surface area contributed by atoms with E-state index in [1.807, 2.05) is 18.2 Å². The molecule has 88 valence electrons. The second kappa shape index (κ2) is 4.27. The number of hydrogen-bond acceptors (Lipinski definition) is 2. The molecule has 1 aliphatic rings. The number of rotatable bonds is 4. The number of hydrogen-bond donors (Lipinski definition) is 1. The van der Waals surface area contributed by atoms with E-state index >= 15 is 0 Å². The van der Waals surface area contributed by atoms with Crippen LogP contribution in [0.5, 0.6) is 5.75 Å². The van der Waals surface area contributed by atoms with E-state index in [1.165, 1.54) is 18.4 Å². The summed E-state index contributed by atoms with van der Waals surface area (Å²) in [6.45, 7) is 2.09. The smallest absolute Gasteiger partial charge is 0.122 e. The van der Waals surface area contributed by atoms with E-state index in [9.17, 15) is 0 Å². The van der Waals surface area contributed by atoms with Crippen LogP contribution in [0.15, 0.2) is 18.2 Å². The highest BCUT2D eigenvalue weighted by atomic mass is 35.5. The lowest BCUT2D eigenvalue weighted by Crippen LogP contribution is -2.29. The Morgan fingerprint density at radius 2 is 2.19 bits per heavy atom. The standard InChI is InChI=1S/C13H18ClNO/c1-9(15)13(5-6-13)8-10-7-11(14)3-4-12(10)16-2/h3-4,7,9H,5-6,8,15H2,1-2H3. The Hall–Kier alpha value is -0.730. The van der Waals surface area contributed by atoms with Crippen molar-refractivity contribution < 1.29 is 4.74 Å². The van der Waals surface area contributed by atoms with Gasteiger partial charge in [0.05, 0.1) is 7.11 Å². The van der Waals surface area contributed by atoms with Gasteiger partial charge < -0.3 is 10.5 Å². The normalized spacial score (nSPS) is 19.2. The van der Waals surface area contributed by atoms with Gasteiger partial charge in [0.2, 0.25) is 0 Å². The molecule has 16 heavy (non-hydrogen) atoms. The lowest BCUT2D eigenvalue weighted by atomic mass is 9.90. The van der Waals surface area contributed by atoms with Crippen LogP contribution in [0.1, 0.15) is 25.3 Å². The van der Waals surface area contributed by atoms with Crippen molar-refractivity contribution in [1.82, 2.24) is 0 Å². The van der Waals surface area contributed by atoms with E-state index in [2.05, 4.69) is 6.92 Å². The summed E-state index contributed by atoms with van der Waals surface area (Å²) in [7, 11) is 1.69. The van der Waals surface area contributed by atoms with Gasteiger partial charge in [0.15, 0.2) is 0 Å². The van der Waals surface area contributed by atoms with Crippen molar-refractivity contribution in [2.24, 2.45) is 11.1 Å². The number of ether oxygens (including phenoxy) is 1. The Bertz CT molecular complexity index is 386. The fraction of sp³-hybridized carbons (Fsp3) is 0.538. The molecule has 0 radical (unpaired) electrons. The molecule has 1 unspecified atom stereocenters. The molecule has 1 fully saturated rings. The van der Waals surface area contributed by atoms with E-state index in [0.29, 0.717) is 0 Å². The first-order valence-electron chi connectivity index (χ1n) is 5.65. The first kappa shape index (κ1) is 11.7. The summed E-state index contributed by atoms with van der Waals surface area (Å²) in [6.07, 6.45) is 3.38. The van der Waals surface area contributed by atoms with Gasteiger partial charge in [0, 0.05) is 11.1 Å². The lowest BCUT2D eigenvalue weighted by molar-refractivity contribution is 0.385. The van der Waals surface area contributed by atoms with Crippen molar-refractivity contribution in [3.05, 3.63) is 28.8 Å². The molecule has 0 spiro atoms. The van der Waals surface area contributed by atoms with E-state index in [-0.39, 0.29) is 11.5 Å². The molecule has 0 saturated heterocycles. The monoisotopic (exact) mass is 239 g/mol. The fourth-order valence-corrected chi connectivity index (χ4v) is 2.41. The highest BCUT2D eigenvalue weighted by Gasteiger charge is 2.46. The Morgan fingerprint density at radius 3 is 2.69 bits per heavy atom. The summed E-state index contributed by atoms with van der Waals surface area (Å²) in [5, 5.41) is 0.760. The molecule has 3 heteroatoms. The molecule has 0 amide bonds. The maximum atomic E-state index is 6.04. The van der Waals surface area contributed by atoms with E-state index in [0.717, 1.165) is 17.2 Å². The second-order valence-corrected chi connectivity index (χ2v) is 5.22. The van der Waals surface area contributed by atoms with E-state index < -0.39 is 0 Å². The summed E-state index contributed by atoms with van der Waals surface area (Å²) in [5.41, 5.74) is 7.48. The molecule has 0 bridgehead atoms. The Balaban J connectivity index is 2.23. The summed E-state index contributed by atoms with van der Waals surface area (Å²) < 4.78 is 5.35. The third-order valence-corrected chi connectivity index (χ3v) is 3.88. The largest absolute Gasteiger partial charge is 0.496 e. The van der Waals surface area contributed by atoms with Gasteiger partial charge >= 0.3 is 0 Å². The van der Waals surface area contributed by atoms with Crippen LogP contribution in [0.2, 0.25) is 5.02 Å². The fourth-order valence-electron chi connectivity index (χ4n) is 2.22. The van der Waals surface area contributed by atoms with Crippen LogP contribution in [0.3, 0.4) is 0 Å². The summed E-state index contributed by atoms with van der Waals surface area (Å²) in [4.78, 5) is 0. The van der Waals surface area contributed by atoms with Gasteiger partial charge in [-0.3, -0.25) is 0 Å². The minimum atomic E-state index is 0.233.